The van der Waals surface area contributed by atoms with Gasteiger partial charge in [-0.1, -0.05) is 195 Å². The fourth-order valence-corrected chi connectivity index (χ4v) is 7.09. The van der Waals surface area contributed by atoms with Crippen molar-refractivity contribution in [2.75, 3.05) is 41.0 Å². The molecule has 1 N–H and O–H groups in total. The summed E-state index contributed by atoms with van der Waals surface area (Å²) in [6.07, 6.45) is 63.1. The lowest BCUT2D eigenvalue weighted by Crippen LogP contribution is -2.50. The van der Waals surface area contributed by atoms with Crippen molar-refractivity contribution in [2.24, 2.45) is 0 Å². The number of unbranched alkanes of at least 4 members (excludes halogenated alkanes) is 18. The molecule has 0 saturated carbocycles. The Bertz CT molecular complexity index is 1380. The number of hydrogen-bond acceptors (Lipinski definition) is 6. The molecule has 0 aliphatic rings. The quantitative estimate of drug-likeness (QED) is 0.0214. The number of aliphatic carboxylic acids is 1. The molecular formula is C57H96NO7+. The molecule has 2 atom stereocenters. The summed E-state index contributed by atoms with van der Waals surface area (Å²) in [6.45, 7) is 4.55. The van der Waals surface area contributed by atoms with Gasteiger partial charge in [-0.2, -0.15) is 0 Å². The Labute approximate surface area is 398 Å². The number of rotatable bonds is 45. The van der Waals surface area contributed by atoms with E-state index in [1.807, 2.05) is 21.1 Å². The molecule has 0 aromatic rings. The third kappa shape index (κ3) is 45.2. The average molecular weight is 907 g/mol. The molecule has 0 aliphatic heterocycles. The van der Waals surface area contributed by atoms with Crippen LogP contribution in [0.15, 0.2) is 97.2 Å². The molecule has 0 radical (unpaired) electrons. The second-order valence-corrected chi connectivity index (χ2v) is 18.1. The standard InChI is InChI=1S/C57H95NO7/c1-6-8-10-12-14-16-18-20-22-24-26-27-28-29-30-32-33-35-37-39-41-43-45-47-55(59)64-52-53(51-63-50-49-54(57(61)62)58(3,4)5)65-56(60)48-46-44-42-40-38-36-34-31-25-23-21-19-17-15-13-11-9-7-2/h8,10,14-17,19-23,25-27,31,34,53-54H,6-7,9,11-13,18,24,28-30,32-33,35-52H2,1-5H3/p+1/b10-8+,16-14+,17-15+,21-19+,22-20+,25-23+,27-26+,34-31+. The molecule has 0 aromatic heterocycles. The summed E-state index contributed by atoms with van der Waals surface area (Å²) in [7, 11) is 5.52. The van der Waals surface area contributed by atoms with Crippen LogP contribution in [0.1, 0.15) is 194 Å². The van der Waals surface area contributed by atoms with E-state index in [0.29, 0.717) is 19.3 Å². The second kappa shape index (κ2) is 46.8. The number of allylic oxidation sites excluding steroid dienone is 16. The maximum Gasteiger partial charge on any atom is 0.362 e. The minimum atomic E-state index is -0.883. The Kier molecular flexibility index (Phi) is 44.1. The van der Waals surface area contributed by atoms with E-state index in [2.05, 4.69) is 111 Å². The van der Waals surface area contributed by atoms with Crippen LogP contribution >= 0.6 is 0 Å². The summed E-state index contributed by atoms with van der Waals surface area (Å²) in [4.78, 5) is 37.2. The van der Waals surface area contributed by atoms with Gasteiger partial charge in [0.25, 0.3) is 0 Å². The number of esters is 2. The second-order valence-electron chi connectivity index (χ2n) is 18.1. The number of carbonyl (C=O) groups is 3. The van der Waals surface area contributed by atoms with Crippen molar-refractivity contribution in [2.45, 2.75) is 206 Å². The maximum absolute atomic E-state index is 12.8. The molecular weight excluding hydrogens is 811 g/mol. The summed E-state index contributed by atoms with van der Waals surface area (Å²) in [5.74, 6) is -1.51. The van der Waals surface area contributed by atoms with Crippen LogP contribution in [0, 0.1) is 0 Å². The first kappa shape index (κ1) is 61.2. The summed E-state index contributed by atoms with van der Waals surface area (Å²) in [5, 5.41) is 9.66. The van der Waals surface area contributed by atoms with Gasteiger partial charge in [-0.3, -0.25) is 9.59 Å². The number of carboxylic acid groups (broad SMARTS) is 1. The topological polar surface area (TPSA) is 99.1 Å². The molecule has 65 heavy (non-hydrogen) atoms. The predicted octanol–water partition coefficient (Wildman–Crippen LogP) is 15.0. The van der Waals surface area contributed by atoms with Gasteiger partial charge in [-0.15, -0.1) is 0 Å². The zero-order valence-corrected chi connectivity index (χ0v) is 42.2. The zero-order chi connectivity index (χ0) is 47.7. The SMILES string of the molecule is CC/C=C/C/C=C/C/C=C/C/C=C/CCCCCCCCCCCCC(=O)OCC(COCCC(C(=O)O)[N+](C)(C)C)OC(=O)CCCCCCC/C=C/C=C/C=C/C=C/CCCCC. The molecule has 2 unspecified atom stereocenters. The van der Waals surface area contributed by atoms with Gasteiger partial charge in [0.2, 0.25) is 0 Å². The Hall–Kier alpha value is -3.75. The molecule has 0 rings (SSSR count). The molecule has 0 aromatic carbocycles. The van der Waals surface area contributed by atoms with Gasteiger partial charge in [0.1, 0.15) is 6.61 Å². The Morgan fingerprint density at radius 2 is 0.923 bits per heavy atom. The molecule has 0 aliphatic carbocycles. The lowest BCUT2D eigenvalue weighted by molar-refractivity contribution is -0.887. The van der Waals surface area contributed by atoms with Gasteiger partial charge in [-0.25, -0.2) is 4.79 Å². The minimum Gasteiger partial charge on any atom is -0.477 e. The van der Waals surface area contributed by atoms with E-state index in [-0.39, 0.29) is 36.2 Å². The number of carbonyl (C=O) groups excluding carboxylic acids is 2. The summed E-state index contributed by atoms with van der Waals surface area (Å²) >= 11 is 0. The van der Waals surface area contributed by atoms with Crippen molar-refractivity contribution in [1.82, 2.24) is 0 Å². The van der Waals surface area contributed by atoms with E-state index in [0.717, 1.165) is 89.9 Å². The van der Waals surface area contributed by atoms with E-state index >= 15 is 0 Å². The van der Waals surface area contributed by atoms with Crippen LogP contribution in [-0.4, -0.2) is 80.6 Å². The highest BCUT2D eigenvalue weighted by Crippen LogP contribution is 2.14. The highest BCUT2D eigenvalue weighted by atomic mass is 16.6. The van der Waals surface area contributed by atoms with Gasteiger partial charge in [0.15, 0.2) is 12.1 Å². The first-order valence-corrected chi connectivity index (χ1v) is 25.8. The molecule has 8 heteroatoms. The first-order chi connectivity index (χ1) is 31.6. The van der Waals surface area contributed by atoms with Crippen LogP contribution < -0.4 is 0 Å². The summed E-state index contributed by atoms with van der Waals surface area (Å²) in [5.41, 5.74) is 0. The van der Waals surface area contributed by atoms with Gasteiger partial charge in [-0.05, 0) is 77.0 Å². The number of likely N-dealkylation sites (N-methyl/N-ethyl adjacent to an activating group) is 1. The highest BCUT2D eigenvalue weighted by molar-refractivity contribution is 5.72. The van der Waals surface area contributed by atoms with Crippen molar-refractivity contribution >= 4 is 17.9 Å². The maximum atomic E-state index is 12.8. The third-order valence-corrected chi connectivity index (χ3v) is 11.1. The average Bonchev–Trinajstić information content (AvgIpc) is 3.27. The Morgan fingerprint density at radius 3 is 1.42 bits per heavy atom. The van der Waals surface area contributed by atoms with E-state index in [1.165, 1.54) is 70.6 Å². The van der Waals surface area contributed by atoms with Crippen LogP contribution in [0.3, 0.4) is 0 Å². The number of carboxylic acids is 1. The fraction of sp³-hybridized carbons (Fsp3) is 0.667. The van der Waals surface area contributed by atoms with Crippen LogP contribution in [-0.2, 0) is 28.6 Å². The molecule has 0 heterocycles. The summed E-state index contributed by atoms with van der Waals surface area (Å²) < 4.78 is 17.3. The van der Waals surface area contributed by atoms with Gasteiger partial charge in [0, 0.05) is 19.3 Å². The van der Waals surface area contributed by atoms with Crippen molar-refractivity contribution in [3.63, 3.8) is 0 Å². The van der Waals surface area contributed by atoms with E-state index < -0.39 is 18.1 Å². The largest absolute Gasteiger partial charge is 0.477 e. The van der Waals surface area contributed by atoms with Crippen molar-refractivity contribution in [1.29, 1.82) is 0 Å². The van der Waals surface area contributed by atoms with Crippen molar-refractivity contribution in [3.05, 3.63) is 97.2 Å². The molecule has 0 saturated heterocycles. The third-order valence-electron chi connectivity index (χ3n) is 11.1. The normalized spacial score (nSPS) is 13.7. The van der Waals surface area contributed by atoms with Crippen LogP contribution in [0.25, 0.3) is 0 Å². The highest BCUT2D eigenvalue weighted by Gasteiger charge is 2.31. The first-order valence-electron chi connectivity index (χ1n) is 25.8. The molecule has 0 amide bonds. The Morgan fingerprint density at radius 1 is 0.492 bits per heavy atom. The summed E-state index contributed by atoms with van der Waals surface area (Å²) in [6, 6.07) is -0.626. The molecule has 370 valence electrons. The zero-order valence-electron chi connectivity index (χ0n) is 42.2. The smallest absolute Gasteiger partial charge is 0.362 e. The van der Waals surface area contributed by atoms with E-state index in [1.54, 1.807) is 0 Å². The van der Waals surface area contributed by atoms with Gasteiger partial charge < -0.3 is 23.8 Å². The number of nitrogens with zero attached hydrogens (tertiary/aromatic N) is 1. The molecule has 8 nitrogen and oxygen atoms in total. The number of ether oxygens (including phenoxy) is 3. The molecule has 0 bridgehead atoms. The monoisotopic (exact) mass is 907 g/mol. The Balaban J connectivity index is 4.30. The van der Waals surface area contributed by atoms with Crippen molar-refractivity contribution < 1.29 is 38.2 Å². The van der Waals surface area contributed by atoms with Crippen LogP contribution in [0.4, 0.5) is 0 Å². The van der Waals surface area contributed by atoms with Crippen LogP contribution in [0.2, 0.25) is 0 Å². The van der Waals surface area contributed by atoms with E-state index in [4.69, 9.17) is 14.2 Å². The predicted molar refractivity (Wildman–Crippen MR) is 275 cm³/mol. The number of quaternary nitrogens is 1. The lowest BCUT2D eigenvalue weighted by atomic mass is 10.1. The minimum absolute atomic E-state index is 0.0446. The number of hydrogen-bond donors (Lipinski definition) is 1. The van der Waals surface area contributed by atoms with Crippen molar-refractivity contribution in [3.8, 4) is 0 Å². The fourth-order valence-electron chi connectivity index (χ4n) is 7.09. The van der Waals surface area contributed by atoms with Gasteiger partial charge >= 0.3 is 17.9 Å². The van der Waals surface area contributed by atoms with Crippen LogP contribution in [0.5, 0.6) is 0 Å². The molecule has 0 fully saturated rings. The van der Waals surface area contributed by atoms with Gasteiger partial charge in [0.05, 0.1) is 34.4 Å². The van der Waals surface area contributed by atoms with E-state index in [9.17, 15) is 19.5 Å². The lowest BCUT2D eigenvalue weighted by Gasteiger charge is -2.31. The molecule has 0 spiro atoms.